The van der Waals surface area contributed by atoms with E-state index in [9.17, 15) is 8.42 Å². The predicted molar refractivity (Wildman–Crippen MR) is 443 cm³/mol. The molecule has 674 valence electrons. The second kappa shape index (κ2) is 82.3. The number of hydrogen-bond acceptors (Lipinski definition) is 28. The monoisotopic (exact) mass is 1670 g/mol. The number of unbranched alkanes of at least 4 members (excludes halogenated alkanes) is 12. The Morgan fingerprint density at radius 3 is 1.16 bits per heavy atom. The Labute approximate surface area is 687 Å². The largest absolute Gasteiger partial charge is 0.396 e. The van der Waals surface area contributed by atoms with Crippen molar-refractivity contribution in [1.29, 1.82) is 0 Å². The van der Waals surface area contributed by atoms with Crippen molar-refractivity contribution in [2.75, 3.05) is 165 Å². The molecule has 7 rings (SSSR count). The average molecular weight is 1670 g/mol. The van der Waals surface area contributed by atoms with Gasteiger partial charge in [0.25, 0.3) is 0 Å². The molecule has 30 heteroatoms. The normalized spacial score (nSPS) is 19.6. The number of nitrogens with zero attached hydrogens (tertiary/aromatic N) is 1. The Morgan fingerprint density at radius 2 is 0.835 bits per heavy atom. The van der Waals surface area contributed by atoms with Gasteiger partial charge in [0, 0.05) is 71.5 Å². The summed E-state index contributed by atoms with van der Waals surface area (Å²) in [6, 6.07) is 23.1. The number of aliphatic hydroxyl groups is 20. The van der Waals surface area contributed by atoms with Gasteiger partial charge in [0.15, 0.2) is 6.29 Å². The van der Waals surface area contributed by atoms with Gasteiger partial charge in [-0.05, 0) is 157 Å². The molecule has 1 aliphatic heterocycles. The molecule has 3 aromatic carbocycles. The molecule has 0 amide bonds. The summed E-state index contributed by atoms with van der Waals surface area (Å²) in [6.45, 7) is 13.4. The van der Waals surface area contributed by atoms with Crippen LogP contribution in [0.15, 0.2) is 109 Å². The second-order valence-electron chi connectivity index (χ2n) is 28.2. The highest BCUT2D eigenvalue weighted by atomic mass is 32.2. The lowest BCUT2D eigenvalue weighted by molar-refractivity contribution is -0.0770. The molecule has 20 N–H and O–H groups in total. The molecule has 0 aromatic heterocycles. The number of benzene rings is 3. The molecule has 2 bridgehead atoms. The van der Waals surface area contributed by atoms with Gasteiger partial charge in [-0.1, -0.05) is 148 Å². The van der Waals surface area contributed by atoms with Gasteiger partial charge in [-0.15, -0.1) is 6.58 Å². The van der Waals surface area contributed by atoms with Gasteiger partial charge >= 0.3 is 0 Å². The highest BCUT2D eigenvalue weighted by Gasteiger charge is 2.43. The van der Waals surface area contributed by atoms with E-state index in [4.69, 9.17) is 131 Å². The first kappa shape index (κ1) is 115. The van der Waals surface area contributed by atoms with E-state index < -0.39 is 46.8 Å². The van der Waals surface area contributed by atoms with Gasteiger partial charge in [-0.2, -0.15) is 4.31 Å². The van der Waals surface area contributed by atoms with E-state index >= 15 is 0 Å². The maximum absolute atomic E-state index is 12.1. The number of ether oxygens (including phenoxy) is 6. The molecule has 10 atom stereocenters. The minimum atomic E-state index is -3.63. The van der Waals surface area contributed by atoms with Crippen molar-refractivity contribution in [1.82, 2.24) is 4.31 Å². The van der Waals surface area contributed by atoms with Crippen LogP contribution in [0, 0.1) is 42.4 Å². The number of aryl methyl sites for hydroxylation is 1. The SMILES string of the molecule is C=CCCCCC(O)CO.CC(O)COCC(C)O.Cc1ccc(S(=O)(=O)N(CCO)CCO)cc1.OCC1C2C=CC(C2)C1CO.OCC1CCC(CO)CC1.OCC1OC(c2ccccc2)O[C@H]1CO.OCCCCCCCCCCCCO.OCCCCO.OCCOCCOCCOCCO.OCc1ccc(CO)cc1. The third-order valence-corrected chi connectivity index (χ3v) is 20.3. The molecule has 2 saturated carbocycles. The van der Waals surface area contributed by atoms with E-state index in [1.165, 1.54) is 63.5 Å². The molecular weight excluding hydrogens is 1510 g/mol. The smallest absolute Gasteiger partial charge is 0.243 e. The lowest BCUT2D eigenvalue weighted by atomic mass is 9.83. The first-order chi connectivity index (χ1) is 55.6. The Kier molecular flexibility index (Phi) is 82.4. The lowest BCUT2D eigenvalue weighted by Gasteiger charge is -2.25. The highest BCUT2D eigenvalue weighted by Crippen LogP contribution is 2.47. The van der Waals surface area contributed by atoms with Crippen LogP contribution in [0.2, 0.25) is 0 Å². The first-order valence-electron chi connectivity index (χ1n) is 41.1. The molecule has 0 radical (unpaired) electrons. The van der Waals surface area contributed by atoms with Gasteiger partial charge in [0.2, 0.25) is 10.0 Å². The van der Waals surface area contributed by atoms with Crippen LogP contribution >= 0.6 is 0 Å². The fourth-order valence-corrected chi connectivity index (χ4v) is 13.1. The van der Waals surface area contributed by atoms with Crippen LogP contribution < -0.4 is 0 Å². The molecule has 9 unspecified atom stereocenters. The summed E-state index contributed by atoms with van der Waals surface area (Å²) in [4.78, 5) is 0.171. The van der Waals surface area contributed by atoms with Crippen LogP contribution in [0.4, 0.5) is 0 Å². The molecule has 29 nitrogen and oxygen atoms in total. The van der Waals surface area contributed by atoms with Gasteiger partial charge in [-0.3, -0.25) is 0 Å². The summed E-state index contributed by atoms with van der Waals surface area (Å²) in [7, 11) is -3.63. The van der Waals surface area contributed by atoms with E-state index in [1.54, 1.807) is 50.2 Å². The summed E-state index contributed by atoms with van der Waals surface area (Å²) in [6.07, 6.45) is 26.3. The summed E-state index contributed by atoms with van der Waals surface area (Å²) in [5.74, 6) is 2.78. The molecule has 0 spiro atoms. The van der Waals surface area contributed by atoms with Crippen molar-refractivity contribution in [3.8, 4) is 0 Å². The van der Waals surface area contributed by atoms with Gasteiger partial charge < -0.3 is 131 Å². The van der Waals surface area contributed by atoms with Crippen LogP contribution in [-0.4, -0.2) is 310 Å². The van der Waals surface area contributed by atoms with Crippen LogP contribution in [0.3, 0.4) is 0 Å². The van der Waals surface area contributed by atoms with Crippen LogP contribution in [0.1, 0.15) is 177 Å². The summed E-state index contributed by atoms with van der Waals surface area (Å²) >= 11 is 0. The predicted octanol–water partition coefficient (Wildman–Crippen LogP) is 4.78. The van der Waals surface area contributed by atoms with Crippen LogP contribution in [0.5, 0.6) is 0 Å². The standard InChI is InChI=1S/C12H26O2.C11H17NO4S.C11H14O4.C9H14O2.C8H18O5.C8H16O2.C8H10O2.C8H16O2.C6H14O3.C4H10O2/c13-11-9-7-5-3-1-2-4-6-8-10-12-14;1-10-2-4-11(5-3-10)17(15,16)12(6-8-13)7-9-14;12-6-9-10(7-13)15-11(14-9)8-4-2-1-3-5-8;10-4-8-6-1-2-7(3-6)9(8)5-11;9-1-3-11-5-7-13-8-6-12-4-2-10;2*9-5-7-1-2-8(6-10)4-3-7;1-2-3-4-5-6-8(10)7-9;1-5(7)3-9-4-6(2)8;5-3-1-2-4-6/h13-14H,1-12H2;2-5,13-14H,6-9H2,1H3;1-5,9-13H,6-7H2;1-2,6-11H,3-5H2;9-10H,1-8H2;7-10H,1-6H2;1-4,9-10H,5-6H2;2,8-10H,1,3-7H2;5-8H,3-4H2,1-2H3;5-6H,1-4H2/t;;9-,10?,11?;;;;;;;/m..0......./s1. The maximum Gasteiger partial charge on any atom is 0.243 e. The third kappa shape index (κ3) is 62.8. The van der Waals surface area contributed by atoms with Crippen molar-refractivity contribution in [2.24, 2.45) is 35.5 Å². The second-order valence-corrected chi connectivity index (χ2v) is 30.2. The van der Waals surface area contributed by atoms with E-state index in [0.717, 1.165) is 104 Å². The van der Waals surface area contributed by atoms with Crippen molar-refractivity contribution in [2.45, 2.75) is 211 Å². The van der Waals surface area contributed by atoms with Gasteiger partial charge in [0.05, 0.1) is 136 Å². The minimum absolute atomic E-state index is 0.0171. The molecule has 115 heavy (non-hydrogen) atoms. The number of sulfonamides is 1. The van der Waals surface area contributed by atoms with Gasteiger partial charge in [-0.25, -0.2) is 8.42 Å². The van der Waals surface area contributed by atoms with E-state index in [-0.39, 0.29) is 104 Å². The maximum atomic E-state index is 12.1. The van der Waals surface area contributed by atoms with Crippen LogP contribution in [0.25, 0.3) is 0 Å². The Hall–Kier alpha value is -3.99. The minimum Gasteiger partial charge on any atom is -0.396 e. The van der Waals surface area contributed by atoms with Gasteiger partial charge in [0.1, 0.15) is 12.2 Å². The van der Waals surface area contributed by atoms with Crippen molar-refractivity contribution in [3.63, 3.8) is 0 Å². The Morgan fingerprint density at radius 1 is 0.452 bits per heavy atom. The van der Waals surface area contributed by atoms with E-state index in [0.29, 0.717) is 121 Å². The zero-order chi connectivity index (χ0) is 86.4. The quantitative estimate of drug-likeness (QED) is 0.0267. The topological polar surface area (TPSA) is 497 Å². The molecule has 1 saturated heterocycles. The first-order valence-corrected chi connectivity index (χ1v) is 42.6. The highest BCUT2D eigenvalue weighted by molar-refractivity contribution is 7.89. The zero-order valence-electron chi connectivity index (χ0n) is 69.4. The Balaban J connectivity index is -0.00000122. The van der Waals surface area contributed by atoms with Crippen molar-refractivity contribution >= 4 is 10.0 Å². The molecule has 1 heterocycles. The summed E-state index contributed by atoms with van der Waals surface area (Å²) < 4.78 is 56.1. The summed E-state index contributed by atoms with van der Waals surface area (Å²) in [5, 5.41) is 173. The molecule has 3 aromatic rings. The number of rotatable bonds is 49. The third-order valence-electron chi connectivity index (χ3n) is 18.4. The summed E-state index contributed by atoms with van der Waals surface area (Å²) in [5.41, 5.74) is 3.61. The number of allylic oxidation sites excluding steroid dienone is 3. The lowest BCUT2D eigenvalue weighted by Crippen LogP contribution is -2.35. The molecular formula is C85H155NO28S. The fourth-order valence-electron chi connectivity index (χ4n) is 11.7. The number of aliphatic hydroxyl groups excluding tert-OH is 20. The van der Waals surface area contributed by atoms with E-state index in [2.05, 4.69) is 18.7 Å². The molecule has 3 fully saturated rings. The zero-order valence-corrected chi connectivity index (χ0v) is 70.2. The number of fused-ring (bicyclic) bond motifs is 2. The molecule has 4 aliphatic rings. The fraction of sp³-hybridized carbons (Fsp3) is 0.741. The van der Waals surface area contributed by atoms with Crippen LogP contribution in [-0.2, 0) is 51.7 Å². The number of hydrogen-bond donors (Lipinski definition) is 20. The average Bonchev–Trinajstić information content (AvgIpc) is 1.65. The van der Waals surface area contributed by atoms with E-state index in [1.807, 2.05) is 43.3 Å². The Bertz CT molecular complexity index is 2530. The molecule has 3 aliphatic carbocycles. The van der Waals surface area contributed by atoms with Crippen molar-refractivity contribution in [3.05, 3.63) is 126 Å². The van der Waals surface area contributed by atoms with Crippen molar-refractivity contribution < 1.29 is 139 Å².